The summed E-state index contributed by atoms with van der Waals surface area (Å²) < 4.78 is 4.55. The monoisotopic (exact) mass is 359 g/mol. The maximum absolute atomic E-state index is 12.3. The van der Waals surface area contributed by atoms with Crippen molar-refractivity contribution in [1.29, 1.82) is 0 Å². The fraction of sp³-hybridized carbons (Fsp3) is 0.421. The van der Waals surface area contributed by atoms with Gasteiger partial charge >= 0.3 is 0 Å². The highest BCUT2D eigenvalue weighted by Crippen LogP contribution is 2.19. The number of amides is 1. The number of hydrogen-bond donors (Lipinski definition) is 2. The van der Waals surface area contributed by atoms with Crippen molar-refractivity contribution in [3.05, 3.63) is 36.0 Å². The van der Waals surface area contributed by atoms with E-state index in [9.17, 15) is 14.7 Å². The first kappa shape index (κ1) is 19.7. The third kappa shape index (κ3) is 5.70. The number of hydrogen-bond acceptors (Lipinski definition) is 6. The molecule has 0 bridgehead atoms. The van der Waals surface area contributed by atoms with Crippen LogP contribution in [0.2, 0.25) is 0 Å². The molecule has 0 aliphatic carbocycles. The van der Waals surface area contributed by atoms with Gasteiger partial charge in [0.15, 0.2) is 0 Å². The SMILES string of the molecule is CC(C)(C)OC=O.O=C(c1ccc2cc(O)ccc2n1)N1CCNCC1. The molecule has 0 spiro atoms. The molecule has 3 rings (SSSR count). The number of ether oxygens (including phenoxy) is 1. The predicted octanol–water partition coefficient (Wildman–Crippen LogP) is 1.94. The number of phenols is 1. The Morgan fingerprint density at radius 2 is 1.92 bits per heavy atom. The van der Waals surface area contributed by atoms with Gasteiger partial charge in [-0.05, 0) is 45.0 Å². The Hall–Kier alpha value is -2.67. The van der Waals surface area contributed by atoms with Crippen LogP contribution < -0.4 is 5.32 Å². The first-order valence-electron chi connectivity index (χ1n) is 8.51. The van der Waals surface area contributed by atoms with Gasteiger partial charge in [0.25, 0.3) is 12.4 Å². The summed E-state index contributed by atoms with van der Waals surface area (Å²) in [4.78, 5) is 28.1. The Labute approximate surface area is 153 Å². The fourth-order valence-electron chi connectivity index (χ4n) is 2.41. The van der Waals surface area contributed by atoms with Crippen LogP contribution >= 0.6 is 0 Å². The minimum Gasteiger partial charge on any atom is -0.508 e. The highest BCUT2D eigenvalue weighted by Gasteiger charge is 2.19. The fourth-order valence-corrected chi connectivity index (χ4v) is 2.41. The second kappa shape index (κ2) is 8.62. The van der Waals surface area contributed by atoms with E-state index in [4.69, 9.17) is 0 Å². The zero-order chi connectivity index (χ0) is 19.2. The molecule has 1 aromatic carbocycles. The molecule has 1 aliphatic heterocycles. The van der Waals surface area contributed by atoms with Crippen LogP contribution in [0.4, 0.5) is 0 Å². The van der Waals surface area contributed by atoms with Gasteiger partial charge in [0.2, 0.25) is 0 Å². The standard InChI is InChI=1S/C14H15N3O2.C5H10O2/c18-11-2-4-12-10(9-11)1-3-13(16-12)14(19)17-7-5-15-6-8-17;1-5(2,3)7-4-6/h1-4,9,15,18H,5-8H2;4H,1-3H3. The number of fused-ring (bicyclic) bond motifs is 1. The summed E-state index contributed by atoms with van der Waals surface area (Å²) >= 11 is 0. The average Bonchev–Trinajstić information content (AvgIpc) is 2.61. The molecule has 1 aromatic heterocycles. The van der Waals surface area contributed by atoms with E-state index < -0.39 is 0 Å². The quantitative estimate of drug-likeness (QED) is 0.796. The highest BCUT2D eigenvalue weighted by molar-refractivity contribution is 5.95. The van der Waals surface area contributed by atoms with Gasteiger partial charge in [-0.2, -0.15) is 0 Å². The Kier molecular flexibility index (Phi) is 6.52. The van der Waals surface area contributed by atoms with Crippen LogP contribution in [0.15, 0.2) is 30.3 Å². The molecule has 2 heterocycles. The lowest BCUT2D eigenvalue weighted by Crippen LogP contribution is -2.46. The molecule has 0 saturated carbocycles. The third-order valence-electron chi connectivity index (χ3n) is 3.70. The van der Waals surface area contributed by atoms with Crippen molar-refractivity contribution in [2.45, 2.75) is 26.4 Å². The van der Waals surface area contributed by atoms with Crippen LogP contribution in [0.5, 0.6) is 5.75 Å². The van der Waals surface area contributed by atoms with Gasteiger partial charge in [-0.1, -0.05) is 6.07 Å². The van der Waals surface area contributed by atoms with Crippen molar-refractivity contribution in [2.24, 2.45) is 0 Å². The van der Waals surface area contributed by atoms with Crippen molar-refractivity contribution in [3.63, 3.8) is 0 Å². The molecule has 1 fully saturated rings. The number of pyridine rings is 1. The smallest absolute Gasteiger partial charge is 0.293 e. The van der Waals surface area contributed by atoms with E-state index in [2.05, 4.69) is 15.0 Å². The number of phenolic OH excluding ortho intramolecular Hbond substituents is 1. The second-order valence-corrected chi connectivity index (χ2v) is 6.94. The summed E-state index contributed by atoms with van der Waals surface area (Å²) in [6.45, 7) is 9.01. The molecule has 0 atom stereocenters. The molecular weight excluding hydrogens is 334 g/mol. The molecular formula is C19H25N3O4. The van der Waals surface area contributed by atoms with Gasteiger partial charge in [-0.3, -0.25) is 9.59 Å². The van der Waals surface area contributed by atoms with E-state index in [1.165, 1.54) is 0 Å². The minimum absolute atomic E-state index is 0.0310. The summed E-state index contributed by atoms with van der Waals surface area (Å²) in [6.07, 6.45) is 0. The minimum atomic E-state index is -0.318. The first-order valence-corrected chi connectivity index (χ1v) is 8.51. The summed E-state index contributed by atoms with van der Waals surface area (Å²) in [5, 5.41) is 13.4. The van der Waals surface area contributed by atoms with Gasteiger partial charge in [0.1, 0.15) is 17.0 Å². The van der Waals surface area contributed by atoms with Crippen molar-refractivity contribution in [3.8, 4) is 5.75 Å². The number of piperazine rings is 1. The summed E-state index contributed by atoms with van der Waals surface area (Å²) in [7, 11) is 0. The summed E-state index contributed by atoms with van der Waals surface area (Å²) in [5.41, 5.74) is 0.862. The zero-order valence-corrected chi connectivity index (χ0v) is 15.4. The lowest BCUT2D eigenvalue weighted by molar-refractivity contribution is -0.138. The van der Waals surface area contributed by atoms with E-state index in [1.54, 1.807) is 24.3 Å². The third-order valence-corrected chi connectivity index (χ3v) is 3.70. The van der Waals surface area contributed by atoms with Crippen molar-refractivity contribution >= 4 is 23.3 Å². The second-order valence-electron chi connectivity index (χ2n) is 6.94. The number of carbonyl (C=O) groups excluding carboxylic acids is 2. The molecule has 140 valence electrons. The van der Waals surface area contributed by atoms with E-state index in [1.807, 2.05) is 31.7 Å². The summed E-state index contributed by atoms with van der Waals surface area (Å²) in [6, 6.07) is 8.47. The maximum atomic E-state index is 12.3. The van der Waals surface area contributed by atoms with Crippen molar-refractivity contribution in [2.75, 3.05) is 26.2 Å². The lowest BCUT2D eigenvalue weighted by Gasteiger charge is -2.27. The van der Waals surface area contributed by atoms with E-state index in [0.717, 1.165) is 24.0 Å². The average molecular weight is 359 g/mol. The van der Waals surface area contributed by atoms with Crippen LogP contribution in [-0.4, -0.2) is 59.1 Å². The van der Waals surface area contributed by atoms with Crippen LogP contribution in [0.3, 0.4) is 0 Å². The van der Waals surface area contributed by atoms with Crippen LogP contribution in [0.1, 0.15) is 31.3 Å². The largest absolute Gasteiger partial charge is 0.508 e. The lowest BCUT2D eigenvalue weighted by atomic mass is 10.2. The topological polar surface area (TPSA) is 91.8 Å². The maximum Gasteiger partial charge on any atom is 0.293 e. The van der Waals surface area contributed by atoms with E-state index in [-0.39, 0.29) is 17.3 Å². The van der Waals surface area contributed by atoms with Gasteiger partial charge < -0.3 is 20.1 Å². The van der Waals surface area contributed by atoms with E-state index >= 15 is 0 Å². The molecule has 0 radical (unpaired) electrons. The predicted molar refractivity (Wildman–Crippen MR) is 99.1 cm³/mol. The Morgan fingerprint density at radius 1 is 1.23 bits per heavy atom. The Bertz CT molecular complexity index is 765. The number of aromatic hydroxyl groups is 1. The Balaban J connectivity index is 0.000000298. The summed E-state index contributed by atoms with van der Waals surface area (Å²) in [5.74, 6) is 0.173. The normalized spacial score (nSPS) is 14.3. The molecule has 1 aliphatic rings. The Morgan fingerprint density at radius 3 is 2.50 bits per heavy atom. The number of aromatic nitrogens is 1. The number of carbonyl (C=O) groups is 2. The van der Waals surface area contributed by atoms with Gasteiger partial charge in [0, 0.05) is 31.6 Å². The van der Waals surface area contributed by atoms with Gasteiger partial charge in [-0.15, -0.1) is 0 Å². The van der Waals surface area contributed by atoms with Crippen molar-refractivity contribution < 1.29 is 19.4 Å². The molecule has 1 saturated heterocycles. The molecule has 26 heavy (non-hydrogen) atoms. The first-order chi connectivity index (χ1) is 12.3. The molecule has 7 nitrogen and oxygen atoms in total. The number of nitrogens with zero attached hydrogens (tertiary/aromatic N) is 2. The van der Waals surface area contributed by atoms with E-state index in [0.29, 0.717) is 25.3 Å². The highest BCUT2D eigenvalue weighted by atomic mass is 16.5. The molecule has 7 heteroatoms. The van der Waals surface area contributed by atoms with Gasteiger partial charge in [0.05, 0.1) is 5.52 Å². The number of rotatable bonds is 2. The van der Waals surface area contributed by atoms with Crippen LogP contribution in [-0.2, 0) is 9.53 Å². The van der Waals surface area contributed by atoms with Crippen molar-refractivity contribution in [1.82, 2.24) is 15.2 Å². The molecule has 2 aromatic rings. The number of benzene rings is 1. The number of nitrogens with one attached hydrogen (secondary N) is 1. The van der Waals surface area contributed by atoms with Crippen LogP contribution in [0.25, 0.3) is 10.9 Å². The molecule has 1 amide bonds. The molecule has 2 N–H and O–H groups in total. The molecule has 0 unspecified atom stereocenters. The van der Waals surface area contributed by atoms with Crippen LogP contribution in [0, 0.1) is 0 Å². The van der Waals surface area contributed by atoms with Gasteiger partial charge in [-0.25, -0.2) is 4.98 Å². The zero-order valence-electron chi connectivity index (χ0n) is 15.4.